The van der Waals surface area contributed by atoms with Crippen molar-refractivity contribution in [1.82, 2.24) is 15.5 Å². The Balaban J connectivity index is 0. The van der Waals surface area contributed by atoms with Gasteiger partial charge in [-0.25, -0.2) is 0 Å². The van der Waals surface area contributed by atoms with Gasteiger partial charge in [0.1, 0.15) is 0 Å². The van der Waals surface area contributed by atoms with Crippen LogP contribution in [0.1, 0.15) is 34.1 Å². The smallest absolute Gasteiger partial charge is 0.191 e. The molecule has 0 amide bonds. The quantitative estimate of drug-likeness (QED) is 0.269. The molecule has 0 fully saturated rings. The lowest BCUT2D eigenvalue weighted by Crippen LogP contribution is -2.45. The Bertz CT molecular complexity index is 256. The van der Waals surface area contributed by atoms with Crippen LogP contribution in [0.2, 0.25) is 0 Å². The van der Waals surface area contributed by atoms with Gasteiger partial charge in [0.2, 0.25) is 0 Å². The molecule has 0 aromatic heterocycles. The van der Waals surface area contributed by atoms with Gasteiger partial charge in [-0.2, -0.15) is 0 Å². The number of rotatable bonds is 9. The van der Waals surface area contributed by atoms with Crippen molar-refractivity contribution < 1.29 is 4.74 Å². The van der Waals surface area contributed by atoms with Crippen LogP contribution in [0.3, 0.4) is 0 Å². The highest BCUT2D eigenvalue weighted by molar-refractivity contribution is 14.0. The van der Waals surface area contributed by atoms with E-state index >= 15 is 0 Å². The first-order valence-electron chi connectivity index (χ1n) is 7.21. The van der Waals surface area contributed by atoms with E-state index < -0.39 is 0 Å². The van der Waals surface area contributed by atoms with Crippen LogP contribution in [0.4, 0.5) is 0 Å². The van der Waals surface area contributed by atoms with Crippen molar-refractivity contribution >= 4 is 29.9 Å². The van der Waals surface area contributed by atoms with Gasteiger partial charge in [0, 0.05) is 27.2 Å². The summed E-state index contributed by atoms with van der Waals surface area (Å²) >= 11 is 0. The van der Waals surface area contributed by atoms with E-state index in [-0.39, 0.29) is 29.6 Å². The number of aliphatic imine (C=N–C) groups is 1. The molecule has 0 radical (unpaired) electrons. The molecule has 122 valence electrons. The second kappa shape index (κ2) is 12.6. The van der Waals surface area contributed by atoms with Crippen LogP contribution < -0.4 is 10.6 Å². The van der Waals surface area contributed by atoms with Gasteiger partial charge in [-0.05, 0) is 39.9 Å². The summed E-state index contributed by atoms with van der Waals surface area (Å²) in [6.45, 7) is 13.5. The molecule has 0 bridgehead atoms. The molecule has 0 saturated carbocycles. The topological polar surface area (TPSA) is 48.9 Å². The van der Waals surface area contributed by atoms with Crippen LogP contribution in [0.15, 0.2) is 4.99 Å². The van der Waals surface area contributed by atoms with Gasteiger partial charge >= 0.3 is 0 Å². The van der Waals surface area contributed by atoms with Crippen LogP contribution in [0.25, 0.3) is 0 Å². The Labute approximate surface area is 141 Å². The number of nitrogens with one attached hydrogen (secondary N) is 2. The summed E-state index contributed by atoms with van der Waals surface area (Å²) in [5.41, 5.74) is -0.182. The maximum Gasteiger partial charge on any atom is 0.191 e. The Morgan fingerprint density at radius 3 is 2.25 bits per heavy atom. The molecule has 0 atom stereocenters. The first-order chi connectivity index (χ1) is 8.99. The van der Waals surface area contributed by atoms with Crippen LogP contribution in [0.5, 0.6) is 0 Å². The normalized spacial score (nSPS) is 12.2. The molecule has 0 aromatic rings. The molecule has 2 N–H and O–H groups in total. The molecular weight excluding hydrogens is 367 g/mol. The molecule has 20 heavy (non-hydrogen) atoms. The molecule has 0 unspecified atom stereocenters. The molecule has 0 heterocycles. The number of hydrogen-bond acceptors (Lipinski definition) is 3. The zero-order valence-electron chi connectivity index (χ0n) is 14.0. The van der Waals surface area contributed by atoms with E-state index in [4.69, 9.17) is 4.74 Å². The average molecular weight is 400 g/mol. The highest BCUT2D eigenvalue weighted by Gasteiger charge is 2.16. The fraction of sp³-hybridized carbons (Fsp3) is 0.929. The second-order valence-electron chi connectivity index (χ2n) is 5.20. The lowest BCUT2D eigenvalue weighted by molar-refractivity contribution is 0.0268. The first kappa shape index (κ1) is 22.2. The Kier molecular flexibility index (Phi) is 14.0. The Morgan fingerprint density at radius 1 is 1.20 bits per heavy atom. The van der Waals surface area contributed by atoms with Gasteiger partial charge in [-0.3, -0.25) is 4.99 Å². The predicted octanol–water partition coefficient (Wildman–Crippen LogP) is 1.93. The molecular formula is C14H33IN4O. The zero-order chi connectivity index (χ0) is 14.7. The van der Waals surface area contributed by atoms with Gasteiger partial charge in [0.15, 0.2) is 5.96 Å². The van der Waals surface area contributed by atoms with E-state index in [1.54, 1.807) is 14.2 Å². The van der Waals surface area contributed by atoms with Crippen molar-refractivity contribution in [3.05, 3.63) is 0 Å². The van der Waals surface area contributed by atoms with E-state index in [2.05, 4.69) is 34.4 Å². The van der Waals surface area contributed by atoms with Crippen LogP contribution in [-0.4, -0.2) is 63.3 Å². The Morgan fingerprint density at radius 2 is 1.80 bits per heavy atom. The van der Waals surface area contributed by atoms with Crippen LogP contribution in [-0.2, 0) is 4.74 Å². The van der Waals surface area contributed by atoms with E-state index in [0.29, 0.717) is 0 Å². The number of guanidine groups is 1. The molecule has 5 nitrogen and oxygen atoms in total. The molecule has 0 spiro atoms. The van der Waals surface area contributed by atoms with Gasteiger partial charge in [0.05, 0.1) is 5.60 Å². The molecule has 0 saturated heterocycles. The highest BCUT2D eigenvalue weighted by Crippen LogP contribution is 2.04. The van der Waals surface area contributed by atoms with E-state index in [9.17, 15) is 0 Å². The maximum atomic E-state index is 5.37. The second-order valence-corrected chi connectivity index (χ2v) is 5.20. The lowest BCUT2D eigenvalue weighted by atomic mass is 10.1. The number of hydrogen-bond donors (Lipinski definition) is 2. The minimum Gasteiger partial charge on any atom is -0.377 e. The van der Waals surface area contributed by atoms with Crippen molar-refractivity contribution in [3.8, 4) is 0 Å². The third-order valence-electron chi connectivity index (χ3n) is 3.30. The molecule has 0 aromatic carbocycles. The monoisotopic (exact) mass is 400 g/mol. The fourth-order valence-corrected chi connectivity index (χ4v) is 1.64. The van der Waals surface area contributed by atoms with E-state index in [1.165, 1.54) is 0 Å². The summed E-state index contributed by atoms with van der Waals surface area (Å²) in [5, 5.41) is 6.60. The van der Waals surface area contributed by atoms with E-state index in [0.717, 1.165) is 45.1 Å². The number of ether oxygens (including phenoxy) is 1. The van der Waals surface area contributed by atoms with Gasteiger partial charge < -0.3 is 20.3 Å². The van der Waals surface area contributed by atoms with Crippen LogP contribution >= 0.6 is 24.0 Å². The first-order valence-corrected chi connectivity index (χ1v) is 7.21. The van der Waals surface area contributed by atoms with Gasteiger partial charge in [0.25, 0.3) is 0 Å². The standard InChI is InChI=1S/C14H32N4O.HI/c1-7-18(8-2)11-9-10-16-13(15-5)17-12-14(3,4)19-6;/h7-12H2,1-6H3,(H2,15,16,17);1H. The third-order valence-corrected chi connectivity index (χ3v) is 3.30. The van der Waals surface area contributed by atoms with Crippen molar-refractivity contribution in [2.45, 2.75) is 39.7 Å². The summed E-state index contributed by atoms with van der Waals surface area (Å²) in [6, 6.07) is 0. The summed E-state index contributed by atoms with van der Waals surface area (Å²) < 4.78 is 5.37. The van der Waals surface area contributed by atoms with Gasteiger partial charge in [-0.15, -0.1) is 24.0 Å². The van der Waals surface area contributed by atoms with Crippen molar-refractivity contribution in [2.75, 3.05) is 46.9 Å². The summed E-state index contributed by atoms with van der Waals surface area (Å²) in [5.74, 6) is 0.838. The van der Waals surface area contributed by atoms with Crippen LogP contribution in [0, 0.1) is 0 Å². The number of methoxy groups -OCH3 is 1. The fourth-order valence-electron chi connectivity index (χ4n) is 1.64. The third kappa shape index (κ3) is 10.7. The molecule has 0 rings (SSSR count). The number of nitrogens with zero attached hydrogens (tertiary/aromatic N) is 2. The number of halogens is 1. The van der Waals surface area contributed by atoms with E-state index in [1.807, 2.05) is 13.8 Å². The highest BCUT2D eigenvalue weighted by atomic mass is 127. The maximum absolute atomic E-state index is 5.37. The summed E-state index contributed by atoms with van der Waals surface area (Å²) in [6.07, 6.45) is 1.12. The van der Waals surface area contributed by atoms with Crippen molar-refractivity contribution in [3.63, 3.8) is 0 Å². The lowest BCUT2D eigenvalue weighted by Gasteiger charge is -2.24. The van der Waals surface area contributed by atoms with Gasteiger partial charge in [-0.1, -0.05) is 13.8 Å². The predicted molar refractivity (Wildman–Crippen MR) is 98.3 cm³/mol. The Hall–Kier alpha value is -0.0800. The summed E-state index contributed by atoms with van der Waals surface area (Å²) in [4.78, 5) is 6.63. The minimum atomic E-state index is -0.182. The molecule has 0 aliphatic heterocycles. The molecule has 0 aliphatic rings. The van der Waals surface area contributed by atoms with Crippen molar-refractivity contribution in [2.24, 2.45) is 4.99 Å². The molecule has 0 aliphatic carbocycles. The zero-order valence-corrected chi connectivity index (χ0v) is 16.3. The largest absolute Gasteiger partial charge is 0.377 e. The SMILES string of the molecule is CCN(CC)CCCNC(=NC)NCC(C)(C)OC.I. The molecule has 6 heteroatoms. The summed E-state index contributed by atoms with van der Waals surface area (Å²) in [7, 11) is 3.52. The minimum absolute atomic E-state index is 0. The average Bonchev–Trinajstić information content (AvgIpc) is 2.42. The van der Waals surface area contributed by atoms with Crippen molar-refractivity contribution in [1.29, 1.82) is 0 Å².